The number of aliphatic hydroxyl groups excluding tert-OH is 1. The topological polar surface area (TPSA) is 92.5 Å². The van der Waals surface area contributed by atoms with Crippen LogP contribution in [0, 0.1) is 16.0 Å². The zero-order valence-electron chi connectivity index (χ0n) is 10.2. The van der Waals surface area contributed by atoms with Gasteiger partial charge in [0, 0.05) is 36.3 Å². The summed E-state index contributed by atoms with van der Waals surface area (Å²) in [5.74, 6) is -0.190. The van der Waals surface area contributed by atoms with Crippen molar-refractivity contribution < 1.29 is 14.8 Å². The van der Waals surface area contributed by atoms with Crippen molar-refractivity contribution >= 4 is 11.6 Å². The van der Waals surface area contributed by atoms with Crippen LogP contribution in [0.25, 0.3) is 0 Å². The number of nitro benzene ring substituents is 1. The van der Waals surface area contributed by atoms with Crippen LogP contribution in [-0.4, -0.2) is 28.6 Å². The zero-order chi connectivity index (χ0) is 13.8. The number of nitro groups is 1. The Bertz CT molecular complexity index is 510. The van der Waals surface area contributed by atoms with Gasteiger partial charge in [0.05, 0.1) is 4.92 Å². The fourth-order valence-corrected chi connectivity index (χ4v) is 2.00. The standard InChI is InChI=1S/C13H14N2O4/c16-8-9-1-4-11(7-9)14-13(17)10-2-5-12(6-3-10)15(18)19/h1-6,9,11,16H,7-8H2,(H,14,17)/t9-,11+/m0/s1. The van der Waals surface area contributed by atoms with Crippen LogP contribution < -0.4 is 5.32 Å². The van der Waals surface area contributed by atoms with Gasteiger partial charge >= 0.3 is 0 Å². The lowest BCUT2D eigenvalue weighted by molar-refractivity contribution is -0.384. The molecule has 1 aromatic carbocycles. The molecule has 6 nitrogen and oxygen atoms in total. The van der Waals surface area contributed by atoms with Crippen LogP contribution in [0.2, 0.25) is 0 Å². The first-order chi connectivity index (χ1) is 9.10. The van der Waals surface area contributed by atoms with Crippen molar-refractivity contribution in [1.29, 1.82) is 0 Å². The molecule has 1 aromatic rings. The molecule has 0 unspecified atom stereocenters. The number of hydrogen-bond donors (Lipinski definition) is 2. The summed E-state index contributed by atoms with van der Waals surface area (Å²) in [5.41, 5.74) is 0.337. The number of benzene rings is 1. The number of carbonyl (C=O) groups is 1. The molecule has 0 fully saturated rings. The number of nitrogens with zero attached hydrogens (tertiary/aromatic N) is 1. The molecule has 0 spiro atoms. The maximum atomic E-state index is 11.9. The summed E-state index contributed by atoms with van der Waals surface area (Å²) in [7, 11) is 0. The minimum absolute atomic E-state index is 0.0438. The molecule has 2 atom stereocenters. The Balaban J connectivity index is 1.97. The van der Waals surface area contributed by atoms with E-state index in [0.29, 0.717) is 12.0 Å². The van der Waals surface area contributed by atoms with Crippen LogP contribution in [-0.2, 0) is 0 Å². The van der Waals surface area contributed by atoms with Crippen LogP contribution >= 0.6 is 0 Å². The fraction of sp³-hybridized carbons (Fsp3) is 0.308. The summed E-state index contributed by atoms with van der Waals surface area (Å²) in [6, 6.07) is 5.36. The average Bonchev–Trinajstić information content (AvgIpc) is 2.86. The van der Waals surface area contributed by atoms with Gasteiger partial charge < -0.3 is 10.4 Å². The largest absolute Gasteiger partial charge is 0.396 e. The highest BCUT2D eigenvalue weighted by molar-refractivity contribution is 5.94. The number of carbonyl (C=O) groups excluding carboxylic acids is 1. The predicted octanol–water partition coefficient (Wildman–Crippen LogP) is 1.26. The molecule has 1 amide bonds. The van der Waals surface area contributed by atoms with Gasteiger partial charge in [0.15, 0.2) is 0 Å². The second-order valence-electron chi connectivity index (χ2n) is 4.45. The highest BCUT2D eigenvalue weighted by Gasteiger charge is 2.20. The van der Waals surface area contributed by atoms with E-state index in [2.05, 4.69) is 5.32 Å². The lowest BCUT2D eigenvalue weighted by Crippen LogP contribution is -2.32. The van der Waals surface area contributed by atoms with Crippen LogP contribution in [0.15, 0.2) is 36.4 Å². The first kappa shape index (κ1) is 13.2. The van der Waals surface area contributed by atoms with E-state index in [0.717, 1.165) is 0 Å². The molecule has 2 rings (SSSR count). The predicted molar refractivity (Wildman–Crippen MR) is 68.7 cm³/mol. The molecule has 1 aliphatic rings. The molecule has 19 heavy (non-hydrogen) atoms. The van der Waals surface area contributed by atoms with E-state index in [-0.39, 0.29) is 30.2 Å². The maximum absolute atomic E-state index is 11.9. The molecule has 0 radical (unpaired) electrons. The SMILES string of the molecule is O=C(N[C@@H]1C=C[C@H](CO)C1)c1ccc([N+](=O)[O-])cc1. The zero-order valence-corrected chi connectivity index (χ0v) is 10.2. The molecule has 0 aromatic heterocycles. The molecule has 0 heterocycles. The summed E-state index contributed by atoms with van der Waals surface area (Å²) >= 11 is 0. The summed E-state index contributed by atoms with van der Waals surface area (Å²) < 4.78 is 0. The summed E-state index contributed by atoms with van der Waals surface area (Å²) in [4.78, 5) is 21.9. The van der Waals surface area contributed by atoms with Crippen molar-refractivity contribution in [3.05, 3.63) is 52.1 Å². The van der Waals surface area contributed by atoms with E-state index in [1.807, 2.05) is 12.2 Å². The maximum Gasteiger partial charge on any atom is 0.269 e. The van der Waals surface area contributed by atoms with Gasteiger partial charge in [-0.3, -0.25) is 14.9 Å². The number of hydrogen-bond acceptors (Lipinski definition) is 4. The van der Waals surface area contributed by atoms with Gasteiger partial charge in [-0.1, -0.05) is 12.2 Å². The van der Waals surface area contributed by atoms with Crippen LogP contribution in [0.5, 0.6) is 0 Å². The quantitative estimate of drug-likeness (QED) is 0.485. The highest BCUT2D eigenvalue weighted by atomic mass is 16.6. The van der Waals surface area contributed by atoms with Crippen LogP contribution in [0.3, 0.4) is 0 Å². The Kier molecular flexibility index (Phi) is 3.91. The third kappa shape index (κ3) is 3.17. The Morgan fingerprint density at radius 2 is 2.05 bits per heavy atom. The van der Waals surface area contributed by atoms with Gasteiger partial charge in [-0.05, 0) is 18.6 Å². The third-order valence-electron chi connectivity index (χ3n) is 3.06. The second kappa shape index (κ2) is 5.62. The molecule has 6 heteroatoms. The van der Waals surface area contributed by atoms with Crippen molar-refractivity contribution in [3.8, 4) is 0 Å². The van der Waals surface area contributed by atoms with E-state index < -0.39 is 4.92 Å². The molecule has 2 N–H and O–H groups in total. The summed E-state index contributed by atoms with van der Waals surface area (Å²) in [5, 5.41) is 22.3. The summed E-state index contributed by atoms with van der Waals surface area (Å²) in [6.45, 7) is 0.0698. The second-order valence-corrected chi connectivity index (χ2v) is 4.45. The van der Waals surface area contributed by atoms with Gasteiger partial charge in [-0.15, -0.1) is 0 Å². The van der Waals surface area contributed by atoms with Crippen molar-refractivity contribution in [3.63, 3.8) is 0 Å². The smallest absolute Gasteiger partial charge is 0.269 e. The van der Waals surface area contributed by atoms with E-state index in [1.165, 1.54) is 24.3 Å². The Hall–Kier alpha value is -2.21. The van der Waals surface area contributed by atoms with Crippen molar-refractivity contribution in [2.24, 2.45) is 5.92 Å². The monoisotopic (exact) mass is 262 g/mol. The van der Waals surface area contributed by atoms with Gasteiger partial charge in [0.25, 0.3) is 11.6 Å². The molecule has 1 aliphatic carbocycles. The lowest BCUT2D eigenvalue weighted by Gasteiger charge is -2.12. The number of rotatable bonds is 4. The molecule has 0 aliphatic heterocycles. The fourth-order valence-electron chi connectivity index (χ4n) is 2.00. The van der Waals surface area contributed by atoms with Crippen molar-refractivity contribution in [2.45, 2.75) is 12.5 Å². The van der Waals surface area contributed by atoms with Gasteiger partial charge in [0.2, 0.25) is 0 Å². The molecular weight excluding hydrogens is 248 g/mol. The van der Waals surface area contributed by atoms with Crippen LogP contribution in [0.1, 0.15) is 16.8 Å². The van der Waals surface area contributed by atoms with Gasteiger partial charge in [-0.25, -0.2) is 0 Å². The third-order valence-corrected chi connectivity index (χ3v) is 3.06. The van der Waals surface area contributed by atoms with Crippen molar-refractivity contribution in [1.82, 2.24) is 5.32 Å². The van der Waals surface area contributed by atoms with E-state index >= 15 is 0 Å². The minimum atomic E-state index is -0.507. The van der Waals surface area contributed by atoms with E-state index in [4.69, 9.17) is 5.11 Å². The molecule has 0 bridgehead atoms. The van der Waals surface area contributed by atoms with Gasteiger partial charge in [0.1, 0.15) is 0 Å². The summed E-state index contributed by atoms with van der Waals surface area (Å²) in [6.07, 6.45) is 4.40. The lowest BCUT2D eigenvalue weighted by atomic mass is 10.1. The number of amides is 1. The van der Waals surface area contributed by atoms with Gasteiger partial charge in [-0.2, -0.15) is 0 Å². The van der Waals surface area contributed by atoms with Crippen molar-refractivity contribution in [2.75, 3.05) is 6.61 Å². The minimum Gasteiger partial charge on any atom is -0.396 e. The Labute approximate surface area is 109 Å². The average molecular weight is 262 g/mol. The number of nitrogens with one attached hydrogen (secondary N) is 1. The first-order valence-electron chi connectivity index (χ1n) is 5.94. The van der Waals surface area contributed by atoms with E-state index in [1.54, 1.807) is 0 Å². The Morgan fingerprint density at radius 1 is 1.37 bits per heavy atom. The number of non-ortho nitro benzene ring substituents is 1. The first-order valence-corrected chi connectivity index (χ1v) is 5.94. The van der Waals surface area contributed by atoms with Crippen LogP contribution in [0.4, 0.5) is 5.69 Å². The molecule has 0 saturated carbocycles. The Morgan fingerprint density at radius 3 is 2.58 bits per heavy atom. The van der Waals surface area contributed by atoms with E-state index in [9.17, 15) is 14.9 Å². The molecule has 0 saturated heterocycles. The number of aliphatic hydroxyl groups is 1. The molecule has 100 valence electrons. The normalized spacial score (nSPS) is 21.3. The molecular formula is C13H14N2O4. The highest BCUT2D eigenvalue weighted by Crippen LogP contribution is 2.18.